The Morgan fingerprint density at radius 3 is 0.875 bits per heavy atom. The first-order chi connectivity index (χ1) is 61.8. The van der Waals surface area contributed by atoms with Crippen LogP contribution in [-0.4, -0.2) is 497 Å². The van der Waals surface area contributed by atoms with Crippen LogP contribution in [0.4, 0.5) is 0 Å². The van der Waals surface area contributed by atoms with Gasteiger partial charge >= 0.3 is 128 Å². The number of amides is 1. The minimum Gasteiger partial charge on any atom is -0.479 e. The number of hydrogen-bond donors (Lipinski definition) is 28. The molecule has 0 radical (unpaired) electrons. The first-order valence-electron chi connectivity index (χ1n) is 36.3. The summed E-state index contributed by atoms with van der Waals surface area (Å²) in [4.78, 5) is 64.7. The number of rotatable bonds is 43. The lowest BCUT2D eigenvalue weighted by Crippen LogP contribution is -2.72. The number of aliphatic hydroxyl groups excluding tert-OH is 10. The number of nitrogens with one attached hydrogen (secondary N) is 4. The molecule has 75 nitrogen and oxygen atoms in total. The van der Waals surface area contributed by atoms with Gasteiger partial charge < -0.3 is 148 Å². The molecule has 8 aliphatic heterocycles. The van der Waals surface area contributed by atoms with Crippen LogP contribution in [-0.2, 0) is 228 Å². The normalized spacial score (nSPS) is 40.2. The second kappa shape index (κ2) is 44.7. The van der Waals surface area contributed by atoms with Crippen LogP contribution >= 0.6 is 0 Å². The number of carbonyl (C=O) groups excluding carboxylic acids is 1. The molecule has 792 valence electrons. The van der Waals surface area contributed by atoms with Gasteiger partial charge in [0.2, 0.25) is 5.91 Å². The van der Waals surface area contributed by atoms with Crippen molar-refractivity contribution in [2.45, 2.75) is 253 Å². The van der Waals surface area contributed by atoms with Crippen molar-refractivity contribution < 1.29 is 326 Å². The molecule has 1 amide bonds. The molecule has 8 aliphatic rings. The van der Waals surface area contributed by atoms with E-state index in [0.717, 1.165) is 16.4 Å². The first kappa shape index (κ1) is 116. The van der Waals surface area contributed by atoms with Crippen LogP contribution in [0.2, 0.25) is 0 Å². The maximum atomic E-state index is 13.5. The standard InChI is InChI=1S/C51H82N4O71S10/c1-7-17(57)22(62)48(113-26(7)40(66)67)114-28-10(4-106-131(87,88)89)110-45(14(19(28)59)52-8(2)56)118-32-21(61)23(63)49(121-37(32)41(68)69)117-30-12(6-108-133(93,94)95)112-47(16(55-129(81,82)83)31(30)124-134(96,97)98)120-34-25(65)36(126-136(102,103)104)51(123-39(34)43(72)73)116-29-11(5-107-132(90,91)92)111-46(15(20(29)60)54-128(78,79)80)119-33-24(64)35(125-135(99,100)101)50(122-38(33)42(70)71)115-27-9(3-105-130(84,85)86)109-44(74)13(18(27)58)53-127(75,76)77/h7,9-39,44-51,53-55,57-65,74H,3-6H2,1-2H3,(H,52,56)(H,66,67)(H,68,69)(H,70,71)(H,72,73)(H,75,76,77)(H,78,79,80)(H,81,82,83)(H,84,85,86)(H,87,88,89)(H,90,91,92)(H,93,94,95)(H,96,97,98)(H,99,100,101)(H,102,103,104)/t7-,9+,10+,11+,12+,13+,14+,15+,16+,17-,18+,19+,20+,21+,22+,23+,24-,25-,26+,27+,28+,29+,30+,31+,32-,33-,34-,35+,36+,37-,38+,39+,44?,45+,46+,47+,48-,49+,50+,51+/m0/s1. The minimum absolute atomic E-state index is 0.685. The van der Waals surface area contributed by atoms with Gasteiger partial charge in [-0.15, -0.1) is 0 Å². The molecule has 1 unspecified atom stereocenters. The summed E-state index contributed by atoms with van der Waals surface area (Å²) < 4.78 is 461. The Morgan fingerprint density at radius 2 is 0.529 bits per heavy atom. The van der Waals surface area contributed by atoms with E-state index in [4.69, 9.17) is 71.1 Å². The molecule has 0 saturated carbocycles. The molecular weight excluding hydrogens is 2130 g/mol. The Bertz CT molecular complexity index is 5430. The van der Waals surface area contributed by atoms with Crippen molar-refractivity contribution in [2.24, 2.45) is 5.92 Å². The lowest BCUT2D eigenvalue weighted by molar-refractivity contribution is -0.379. The third-order valence-electron chi connectivity index (χ3n) is 19.7. The largest absolute Gasteiger partial charge is 0.479 e. The summed E-state index contributed by atoms with van der Waals surface area (Å²) in [7, 11) is -61.0. The summed E-state index contributed by atoms with van der Waals surface area (Å²) in [6, 6.07) is -11.7. The highest BCUT2D eigenvalue weighted by Gasteiger charge is 2.65. The SMILES string of the molecule is CC(=O)N[C@H]1[C@@H](O[C@H]2[C@H](O)[C@@H](O)[C@H](O[C@H]3[C@H](OS(=O)(=O)O)[C@@H](NS(=O)(=O)O)[C@@H](O[C@H]4[C@H](O)[C@@H](OS(=O)(=O)O)[C@H](O[C@H]5[C@H](O)[C@@H](NS(=O)(=O)O)[C@@H](O[C@H]6[C@H](O)[C@@H](OS(=O)(=O)O)[C@H](O[C@H]7[C@H](O)[C@@H](NS(=O)(=O)O)C(O)O[C@@H]7COS(=O)(=O)O)O[C@H]6C(=O)O)O[C@@H]5COS(=O)(=O)O)O[C@H]4C(=O)O)O[C@@H]3COS(=O)(=O)O)O[C@@H]2C(=O)O)O[C@H](COS(=O)(=O)O)[C@@H](O[C@@H]2O[C@@H](C(=O)O)[C@@H](C)[C@H](O)[C@H]2O)[C@@H]1O. The van der Waals surface area contributed by atoms with Crippen molar-refractivity contribution in [2.75, 3.05) is 26.4 Å². The molecule has 85 heteroatoms. The van der Waals surface area contributed by atoms with Crippen LogP contribution in [0, 0.1) is 5.92 Å². The number of carboxylic acids is 4. The molecule has 0 spiro atoms. The van der Waals surface area contributed by atoms with Crippen LogP contribution in [0.1, 0.15) is 13.8 Å². The minimum atomic E-state index is -6.56. The average molecular weight is 2210 g/mol. The van der Waals surface area contributed by atoms with E-state index in [1.165, 1.54) is 4.72 Å². The Hall–Kier alpha value is -4.95. The van der Waals surface area contributed by atoms with Crippen LogP contribution in [0.25, 0.3) is 0 Å². The fraction of sp³-hybridized carbons (Fsp3) is 0.902. The lowest BCUT2D eigenvalue weighted by Gasteiger charge is -2.51. The van der Waals surface area contributed by atoms with Crippen molar-refractivity contribution in [1.82, 2.24) is 19.5 Å². The van der Waals surface area contributed by atoms with Gasteiger partial charge in [-0.2, -0.15) is 98.3 Å². The monoisotopic (exact) mass is 2210 g/mol. The molecule has 28 N–H and O–H groups in total. The first-order valence-corrected chi connectivity index (χ1v) is 50.2. The van der Waals surface area contributed by atoms with Gasteiger partial charge in [0.15, 0.2) is 86.9 Å². The molecule has 136 heavy (non-hydrogen) atoms. The number of ether oxygens (including phenoxy) is 15. The maximum absolute atomic E-state index is 13.5. The second-order valence-corrected chi connectivity index (χ2v) is 40.2. The van der Waals surface area contributed by atoms with Gasteiger partial charge in [-0.1, -0.05) is 6.92 Å². The highest BCUT2D eigenvalue weighted by molar-refractivity contribution is 7.84. The summed E-state index contributed by atoms with van der Waals surface area (Å²) in [5, 5.41) is 159. The third kappa shape index (κ3) is 32.0. The average Bonchev–Trinajstić information content (AvgIpc) is 0.760. The van der Waals surface area contributed by atoms with Crippen molar-refractivity contribution in [3.8, 4) is 0 Å². The zero-order valence-corrected chi connectivity index (χ0v) is 74.6. The topological polar surface area (TPSA) is 1160 Å². The van der Waals surface area contributed by atoms with Crippen molar-refractivity contribution in [3.05, 3.63) is 0 Å². The van der Waals surface area contributed by atoms with E-state index in [-0.39, 0.29) is 0 Å². The van der Waals surface area contributed by atoms with E-state index in [1.54, 1.807) is 0 Å². The van der Waals surface area contributed by atoms with Gasteiger partial charge in [-0.3, -0.25) is 50.3 Å². The third-order valence-corrected chi connectivity index (χ3v) is 24.5. The lowest BCUT2D eigenvalue weighted by atomic mass is 9.90. The number of carbonyl (C=O) groups is 5. The number of aliphatic carboxylic acids is 4. The molecular formula is C51H82N4O71S10. The number of carboxylic acid groups (broad SMARTS) is 4. The summed E-state index contributed by atoms with van der Waals surface area (Å²) in [5.74, 6) is -12.3. The Kier molecular flexibility index (Phi) is 38.2. The van der Waals surface area contributed by atoms with Gasteiger partial charge in [-0.25, -0.2) is 48.5 Å². The fourth-order valence-electron chi connectivity index (χ4n) is 14.2. The molecule has 8 fully saturated rings. The molecule has 40 atom stereocenters. The highest BCUT2D eigenvalue weighted by Crippen LogP contribution is 2.42. The summed E-state index contributed by atoms with van der Waals surface area (Å²) in [5.41, 5.74) is 0. The van der Waals surface area contributed by atoms with Crippen LogP contribution in [0.3, 0.4) is 0 Å². The quantitative estimate of drug-likeness (QED) is 0.0252. The predicted octanol–water partition coefficient (Wildman–Crippen LogP) is -19.7. The molecule has 0 aromatic carbocycles. The van der Waals surface area contributed by atoms with Crippen LogP contribution in [0.5, 0.6) is 0 Å². The Labute approximate surface area is 760 Å². The van der Waals surface area contributed by atoms with Crippen molar-refractivity contribution in [3.63, 3.8) is 0 Å². The second-order valence-electron chi connectivity index (χ2n) is 29.1. The van der Waals surface area contributed by atoms with Gasteiger partial charge in [0.05, 0.1) is 32.5 Å². The summed E-state index contributed by atoms with van der Waals surface area (Å²) in [6.07, 6.45) is -106. The molecule has 0 aliphatic carbocycles. The van der Waals surface area contributed by atoms with E-state index < -0.39 is 405 Å². The smallest absolute Gasteiger partial charge is 0.397 e. The molecule has 0 aromatic rings. The predicted molar refractivity (Wildman–Crippen MR) is 392 cm³/mol. The van der Waals surface area contributed by atoms with E-state index in [2.05, 4.69) is 29.3 Å². The number of aliphatic hydroxyl groups is 10. The number of hydrogen-bond acceptors (Lipinski definition) is 57. The molecule has 8 heterocycles. The molecule has 0 bridgehead atoms. The van der Waals surface area contributed by atoms with Gasteiger partial charge in [0, 0.05) is 12.8 Å². The van der Waals surface area contributed by atoms with E-state index in [9.17, 15) is 225 Å². The summed E-state index contributed by atoms with van der Waals surface area (Å²) >= 11 is 0. The summed E-state index contributed by atoms with van der Waals surface area (Å²) in [6.45, 7) is -5.85. The van der Waals surface area contributed by atoms with Gasteiger partial charge in [0.25, 0.3) is 0 Å². The van der Waals surface area contributed by atoms with E-state index in [0.29, 0.717) is 6.92 Å². The van der Waals surface area contributed by atoms with Gasteiger partial charge in [0.1, 0.15) is 146 Å². The Balaban J connectivity index is 1.15. The van der Waals surface area contributed by atoms with Crippen LogP contribution in [0.15, 0.2) is 0 Å². The Morgan fingerprint density at radius 1 is 0.265 bits per heavy atom. The molecule has 8 saturated heterocycles. The van der Waals surface area contributed by atoms with Crippen molar-refractivity contribution >= 4 is 133 Å². The van der Waals surface area contributed by atoms with Crippen molar-refractivity contribution in [1.29, 1.82) is 0 Å². The molecule has 8 rings (SSSR count). The zero-order chi connectivity index (χ0) is 103. The zero-order valence-electron chi connectivity index (χ0n) is 66.4. The van der Waals surface area contributed by atoms with E-state index >= 15 is 0 Å². The maximum Gasteiger partial charge on any atom is 0.397 e. The van der Waals surface area contributed by atoms with Gasteiger partial charge in [-0.05, 0) is 0 Å². The highest BCUT2D eigenvalue weighted by atomic mass is 32.3. The van der Waals surface area contributed by atoms with E-state index in [1.807, 2.05) is 5.32 Å². The van der Waals surface area contributed by atoms with Crippen LogP contribution < -0.4 is 19.5 Å². The fourth-order valence-corrected chi connectivity index (χ4v) is 18.7. The molecule has 0 aromatic heterocycles.